The van der Waals surface area contributed by atoms with Crippen LogP contribution in [0.3, 0.4) is 0 Å². The van der Waals surface area contributed by atoms with E-state index in [2.05, 4.69) is 22.4 Å². The molecule has 0 saturated carbocycles. The molecule has 0 radical (unpaired) electrons. The number of nitrogens with zero attached hydrogens (tertiary/aromatic N) is 2. The Labute approximate surface area is 156 Å². The van der Waals surface area contributed by atoms with Crippen LogP contribution in [0.2, 0.25) is 0 Å². The van der Waals surface area contributed by atoms with Crippen molar-refractivity contribution in [1.82, 2.24) is 9.21 Å². The van der Waals surface area contributed by atoms with Gasteiger partial charge in [0.1, 0.15) is 5.82 Å². The average Bonchev–Trinajstić information content (AvgIpc) is 3.05. The normalized spacial score (nSPS) is 17.0. The summed E-state index contributed by atoms with van der Waals surface area (Å²) in [6.07, 6.45) is 0. The summed E-state index contributed by atoms with van der Waals surface area (Å²) < 4.78 is 41.5. The predicted molar refractivity (Wildman–Crippen MR) is 102 cm³/mol. The third-order valence-electron chi connectivity index (χ3n) is 4.72. The lowest BCUT2D eigenvalue weighted by molar-refractivity contribution is 0.182. The van der Waals surface area contributed by atoms with Crippen LogP contribution < -0.4 is 0 Å². The molecule has 1 aliphatic rings. The van der Waals surface area contributed by atoms with E-state index < -0.39 is 15.8 Å². The maximum Gasteiger partial charge on any atom is 0.243 e. The van der Waals surface area contributed by atoms with Crippen LogP contribution in [0.1, 0.15) is 5.56 Å². The van der Waals surface area contributed by atoms with Crippen molar-refractivity contribution in [2.24, 2.45) is 0 Å². The summed E-state index contributed by atoms with van der Waals surface area (Å²) in [7, 11) is -3.64. The number of sulfonamides is 1. The van der Waals surface area contributed by atoms with Crippen molar-refractivity contribution < 1.29 is 12.8 Å². The van der Waals surface area contributed by atoms with Crippen molar-refractivity contribution in [3.05, 3.63) is 65.3 Å². The topological polar surface area (TPSA) is 40.6 Å². The Hall–Kier alpha value is -1.80. The van der Waals surface area contributed by atoms with Gasteiger partial charge in [0.05, 0.1) is 4.90 Å². The minimum Gasteiger partial charge on any atom is -0.296 e. The number of halogens is 1. The van der Waals surface area contributed by atoms with Crippen molar-refractivity contribution in [2.75, 3.05) is 26.2 Å². The van der Waals surface area contributed by atoms with Gasteiger partial charge in [-0.05, 0) is 40.6 Å². The zero-order chi connectivity index (χ0) is 18.1. The molecule has 4 nitrogen and oxygen atoms in total. The maximum absolute atomic E-state index is 13.4. The third-order valence-corrected chi connectivity index (χ3v) is 7.63. The standard InChI is InChI=1S/C19H19FN2O2S2/c20-16-4-3-5-17(12-16)26(23,24)22-10-8-21(9-11-22)13-15-14-25-19-7-2-1-6-18(15)19/h1-7,12,14H,8-11,13H2. The van der Waals surface area contributed by atoms with Crippen LogP contribution in [0.15, 0.2) is 58.8 Å². The molecule has 0 atom stereocenters. The first-order valence-corrected chi connectivity index (χ1v) is 10.8. The van der Waals surface area contributed by atoms with Gasteiger partial charge < -0.3 is 0 Å². The molecule has 0 N–H and O–H groups in total. The van der Waals surface area contributed by atoms with Gasteiger partial charge in [0.25, 0.3) is 0 Å². The molecule has 1 aromatic heterocycles. The van der Waals surface area contributed by atoms with Crippen LogP contribution in [0, 0.1) is 5.82 Å². The van der Waals surface area contributed by atoms with E-state index in [0.717, 1.165) is 12.6 Å². The highest BCUT2D eigenvalue weighted by Gasteiger charge is 2.28. The van der Waals surface area contributed by atoms with Gasteiger partial charge in [-0.1, -0.05) is 24.3 Å². The summed E-state index contributed by atoms with van der Waals surface area (Å²) in [6, 6.07) is 13.5. The summed E-state index contributed by atoms with van der Waals surface area (Å²) in [5.41, 5.74) is 1.28. The highest BCUT2D eigenvalue weighted by molar-refractivity contribution is 7.89. The Bertz CT molecular complexity index is 1020. The molecule has 4 rings (SSSR count). The van der Waals surface area contributed by atoms with E-state index in [1.807, 2.05) is 12.1 Å². The minimum atomic E-state index is -3.64. The molecule has 26 heavy (non-hydrogen) atoms. The van der Waals surface area contributed by atoms with E-state index in [1.54, 1.807) is 11.3 Å². The summed E-state index contributed by atoms with van der Waals surface area (Å²) in [5.74, 6) is -0.533. The number of hydrogen-bond donors (Lipinski definition) is 0. The van der Waals surface area contributed by atoms with E-state index >= 15 is 0 Å². The molecule has 0 spiro atoms. The molecule has 0 unspecified atom stereocenters. The van der Waals surface area contributed by atoms with E-state index in [9.17, 15) is 12.8 Å². The van der Waals surface area contributed by atoms with E-state index in [0.29, 0.717) is 26.2 Å². The van der Waals surface area contributed by atoms with Crippen LogP contribution in [0.25, 0.3) is 10.1 Å². The first kappa shape index (κ1) is 17.6. The first-order chi connectivity index (χ1) is 12.5. The SMILES string of the molecule is O=S(=O)(c1cccc(F)c1)N1CCN(Cc2csc3ccccc23)CC1. The van der Waals surface area contributed by atoms with Crippen LogP contribution in [-0.2, 0) is 16.6 Å². The first-order valence-electron chi connectivity index (χ1n) is 8.47. The summed E-state index contributed by atoms with van der Waals surface area (Å²) in [5, 5.41) is 3.45. The molecule has 7 heteroatoms. The van der Waals surface area contributed by atoms with E-state index in [-0.39, 0.29) is 4.90 Å². The second-order valence-electron chi connectivity index (χ2n) is 6.39. The zero-order valence-corrected chi connectivity index (χ0v) is 15.8. The highest BCUT2D eigenvalue weighted by Crippen LogP contribution is 2.27. The fraction of sp³-hybridized carbons (Fsp3) is 0.263. The molecular formula is C19H19FN2O2S2. The molecule has 3 aromatic rings. The minimum absolute atomic E-state index is 0.0229. The van der Waals surface area contributed by atoms with Crippen LogP contribution in [-0.4, -0.2) is 43.8 Å². The lowest BCUT2D eigenvalue weighted by Crippen LogP contribution is -2.48. The van der Waals surface area contributed by atoms with Gasteiger partial charge in [-0.2, -0.15) is 4.31 Å². The summed E-state index contributed by atoms with van der Waals surface area (Å²) in [4.78, 5) is 2.29. The van der Waals surface area contributed by atoms with E-state index in [4.69, 9.17) is 0 Å². The zero-order valence-electron chi connectivity index (χ0n) is 14.1. The largest absolute Gasteiger partial charge is 0.296 e. The van der Waals surface area contributed by atoms with Crippen LogP contribution >= 0.6 is 11.3 Å². The van der Waals surface area contributed by atoms with Gasteiger partial charge in [0.2, 0.25) is 10.0 Å². The quantitative estimate of drug-likeness (QED) is 0.684. The Morgan fingerprint density at radius 2 is 1.77 bits per heavy atom. The van der Waals surface area contributed by atoms with Gasteiger partial charge in [-0.3, -0.25) is 4.90 Å². The Balaban J connectivity index is 1.44. The number of rotatable bonds is 4. The lowest BCUT2D eigenvalue weighted by atomic mass is 10.1. The van der Waals surface area contributed by atoms with Gasteiger partial charge in [-0.25, -0.2) is 12.8 Å². The Morgan fingerprint density at radius 3 is 2.54 bits per heavy atom. The van der Waals surface area contributed by atoms with Gasteiger partial charge >= 0.3 is 0 Å². The number of benzene rings is 2. The van der Waals surface area contributed by atoms with E-state index in [1.165, 1.54) is 38.2 Å². The van der Waals surface area contributed by atoms with Gasteiger partial charge in [0.15, 0.2) is 0 Å². The maximum atomic E-state index is 13.4. The number of fused-ring (bicyclic) bond motifs is 1. The smallest absolute Gasteiger partial charge is 0.243 e. The van der Waals surface area contributed by atoms with Gasteiger partial charge in [-0.15, -0.1) is 11.3 Å². The molecule has 1 fully saturated rings. The Kier molecular flexibility index (Phi) is 4.79. The molecule has 136 valence electrons. The van der Waals surface area contributed by atoms with Crippen molar-refractivity contribution in [2.45, 2.75) is 11.4 Å². The van der Waals surface area contributed by atoms with Crippen molar-refractivity contribution in [3.8, 4) is 0 Å². The fourth-order valence-electron chi connectivity index (χ4n) is 3.30. The molecule has 0 bridgehead atoms. The number of piperazine rings is 1. The highest BCUT2D eigenvalue weighted by atomic mass is 32.2. The molecule has 0 aliphatic carbocycles. The van der Waals surface area contributed by atoms with Crippen molar-refractivity contribution in [3.63, 3.8) is 0 Å². The van der Waals surface area contributed by atoms with Crippen LogP contribution in [0.4, 0.5) is 4.39 Å². The molecule has 1 aliphatic heterocycles. The fourth-order valence-corrected chi connectivity index (χ4v) is 5.71. The number of hydrogen-bond acceptors (Lipinski definition) is 4. The molecule has 2 aromatic carbocycles. The monoisotopic (exact) mass is 390 g/mol. The Morgan fingerprint density at radius 1 is 1.00 bits per heavy atom. The number of thiophene rings is 1. The predicted octanol–water partition coefficient (Wildman–Crippen LogP) is 3.55. The molecule has 1 saturated heterocycles. The van der Waals surface area contributed by atoms with Crippen molar-refractivity contribution >= 4 is 31.4 Å². The average molecular weight is 391 g/mol. The summed E-state index contributed by atoms with van der Waals surface area (Å²) in [6.45, 7) is 2.98. The molecule has 2 heterocycles. The molecule has 0 amide bonds. The van der Waals surface area contributed by atoms with Gasteiger partial charge in [0, 0.05) is 37.4 Å². The second-order valence-corrected chi connectivity index (χ2v) is 9.24. The lowest BCUT2D eigenvalue weighted by Gasteiger charge is -2.33. The second kappa shape index (κ2) is 7.08. The van der Waals surface area contributed by atoms with Crippen molar-refractivity contribution in [1.29, 1.82) is 0 Å². The summed E-state index contributed by atoms with van der Waals surface area (Å²) >= 11 is 1.74. The third kappa shape index (κ3) is 3.40. The molecular weight excluding hydrogens is 371 g/mol. The van der Waals surface area contributed by atoms with Crippen LogP contribution in [0.5, 0.6) is 0 Å².